The number of aliphatic hydroxyl groups excluding tert-OH is 2. The molecule has 0 aromatic rings. The van der Waals surface area contributed by atoms with Gasteiger partial charge in [-0.3, -0.25) is 9.59 Å². The molecule has 3 N–H and O–H groups in total. The predicted molar refractivity (Wildman–Crippen MR) is 278 cm³/mol. The van der Waals surface area contributed by atoms with E-state index in [-0.39, 0.29) is 24.9 Å². The third-order valence-electron chi connectivity index (χ3n) is 11.7. The molecule has 0 aromatic carbocycles. The molecular weight excluding hydrogens is 791 g/mol. The zero-order valence-electron chi connectivity index (χ0n) is 41.9. The maximum Gasteiger partial charge on any atom is 0.306 e. The third kappa shape index (κ3) is 45.6. The molecule has 0 bridgehead atoms. The third-order valence-corrected chi connectivity index (χ3v) is 11.7. The maximum atomic E-state index is 13.2. The SMILES string of the molecule is CC/C=C/C/C=C/C/C=C/C/C=C/C/C=C/C(CC(=O)NC(CO)C(O)CCCCCCCCCCCCCCCC)OC(=O)CCCCCCCCC/C=C\C/C=C\CCCCC. The summed E-state index contributed by atoms with van der Waals surface area (Å²) in [5.41, 5.74) is 0. The van der Waals surface area contributed by atoms with E-state index in [9.17, 15) is 19.8 Å². The number of hydrogen-bond donors (Lipinski definition) is 3. The van der Waals surface area contributed by atoms with Crippen molar-refractivity contribution in [3.8, 4) is 0 Å². The van der Waals surface area contributed by atoms with E-state index in [2.05, 4.69) is 99.0 Å². The van der Waals surface area contributed by atoms with Gasteiger partial charge < -0.3 is 20.3 Å². The zero-order chi connectivity index (χ0) is 46.7. The van der Waals surface area contributed by atoms with Crippen molar-refractivity contribution in [2.45, 2.75) is 264 Å². The van der Waals surface area contributed by atoms with E-state index >= 15 is 0 Å². The van der Waals surface area contributed by atoms with Gasteiger partial charge in [0.05, 0.1) is 25.2 Å². The van der Waals surface area contributed by atoms with Crippen molar-refractivity contribution < 1.29 is 24.5 Å². The van der Waals surface area contributed by atoms with Crippen LogP contribution in [0.1, 0.15) is 245 Å². The van der Waals surface area contributed by atoms with Gasteiger partial charge >= 0.3 is 5.97 Å². The van der Waals surface area contributed by atoms with Crippen LogP contribution in [0.3, 0.4) is 0 Å². The van der Waals surface area contributed by atoms with Crippen LogP contribution in [0.2, 0.25) is 0 Å². The van der Waals surface area contributed by atoms with Crippen molar-refractivity contribution >= 4 is 11.9 Å². The molecule has 0 rings (SSSR count). The topological polar surface area (TPSA) is 95.9 Å². The van der Waals surface area contributed by atoms with Crippen LogP contribution >= 0.6 is 0 Å². The highest BCUT2D eigenvalue weighted by atomic mass is 16.5. The lowest BCUT2D eigenvalue weighted by Gasteiger charge is -2.23. The van der Waals surface area contributed by atoms with Crippen LogP contribution in [0.25, 0.3) is 0 Å². The molecule has 64 heavy (non-hydrogen) atoms. The Labute approximate surface area is 395 Å². The van der Waals surface area contributed by atoms with Crippen molar-refractivity contribution in [2.75, 3.05) is 6.61 Å². The van der Waals surface area contributed by atoms with Crippen LogP contribution in [-0.2, 0) is 14.3 Å². The van der Waals surface area contributed by atoms with Crippen molar-refractivity contribution in [3.63, 3.8) is 0 Å². The van der Waals surface area contributed by atoms with Crippen LogP contribution in [0.4, 0.5) is 0 Å². The number of esters is 1. The van der Waals surface area contributed by atoms with Gasteiger partial charge in [0.2, 0.25) is 5.91 Å². The molecule has 0 saturated heterocycles. The summed E-state index contributed by atoms with van der Waals surface area (Å²) in [5, 5.41) is 23.7. The number of amides is 1. The fourth-order valence-corrected chi connectivity index (χ4v) is 7.66. The molecule has 6 heteroatoms. The van der Waals surface area contributed by atoms with Gasteiger partial charge in [0.15, 0.2) is 0 Å². The molecule has 0 radical (unpaired) electrons. The monoisotopic (exact) mass is 892 g/mol. The Morgan fingerprint density at radius 2 is 0.875 bits per heavy atom. The molecule has 0 aliphatic heterocycles. The highest BCUT2D eigenvalue weighted by Gasteiger charge is 2.23. The number of ether oxygens (including phenoxy) is 1. The number of carbonyl (C=O) groups is 2. The summed E-state index contributed by atoms with van der Waals surface area (Å²) in [5.74, 6) is -0.638. The standard InChI is InChI=1S/C58H101NO5/c1-4-7-10-13-16-19-22-25-28-29-30-33-36-39-42-45-48-51-58(63)64-54(49-46-43-40-37-34-31-26-23-20-17-14-11-8-5-2)52-57(62)59-55(53-60)56(61)50-47-44-41-38-35-32-27-24-21-18-15-12-9-6-3/h8,11,16-17,19-20,25-26,28,31,37,40,46,49,54-56,60-61H,4-7,9-10,12-15,18,21-24,27,29-30,32-36,38-39,41-45,47-48,50-53H2,1-3H3,(H,59,62)/b11-8+,19-16-,20-17+,28-25-,31-26+,40-37+,49-46+. The largest absolute Gasteiger partial charge is 0.458 e. The zero-order valence-corrected chi connectivity index (χ0v) is 41.9. The van der Waals surface area contributed by atoms with Crippen molar-refractivity contribution in [2.24, 2.45) is 0 Å². The number of unbranched alkanes of at least 4 members (excludes halogenated alkanes) is 23. The first-order valence-electron chi connectivity index (χ1n) is 26.8. The molecule has 0 aliphatic rings. The van der Waals surface area contributed by atoms with Gasteiger partial charge in [-0.1, -0.05) is 235 Å². The molecule has 6 nitrogen and oxygen atoms in total. The molecule has 0 aromatic heterocycles. The molecule has 0 saturated carbocycles. The highest BCUT2D eigenvalue weighted by molar-refractivity contribution is 5.78. The minimum absolute atomic E-state index is 0.0521. The first-order chi connectivity index (χ1) is 31.5. The van der Waals surface area contributed by atoms with Crippen LogP contribution in [0.15, 0.2) is 85.1 Å². The summed E-state index contributed by atoms with van der Waals surface area (Å²) in [7, 11) is 0. The summed E-state index contributed by atoms with van der Waals surface area (Å²) < 4.78 is 5.83. The number of aliphatic hydroxyl groups is 2. The smallest absolute Gasteiger partial charge is 0.306 e. The van der Waals surface area contributed by atoms with Crippen molar-refractivity contribution in [1.82, 2.24) is 5.32 Å². The van der Waals surface area contributed by atoms with E-state index in [1.165, 1.54) is 122 Å². The van der Waals surface area contributed by atoms with Gasteiger partial charge in [-0.15, -0.1) is 0 Å². The molecule has 3 unspecified atom stereocenters. The Hall–Kier alpha value is -2.96. The van der Waals surface area contributed by atoms with Gasteiger partial charge in [0, 0.05) is 6.42 Å². The quantitative estimate of drug-likeness (QED) is 0.0321. The lowest BCUT2D eigenvalue weighted by molar-refractivity contribution is -0.148. The molecule has 1 amide bonds. The Balaban J connectivity index is 4.71. The van der Waals surface area contributed by atoms with Crippen LogP contribution in [0.5, 0.6) is 0 Å². The van der Waals surface area contributed by atoms with Crippen LogP contribution in [0, 0.1) is 0 Å². The van der Waals surface area contributed by atoms with Crippen molar-refractivity contribution in [3.05, 3.63) is 85.1 Å². The summed E-state index contributed by atoms with van der Waals surface area (Å²) in [6.07, 6.45) is 66.7. The van der Waals surface area contributed by atoms with E-state index in [0.29, 0.717) is 19.3 Å². The average Bonchev–Trinajstić information content (AvgIpc) is 3.29. The first-order valence-corrected chi connectivity index (χ1v) is 26.8. The summed E-state index contributed by atoms with van der Waals surface area (Å²) in [6, 6.07) is -0.747. The molecular formula is C58H101NO5. The minimum Gasteiger partial charge on any atom is -0.458 e. The molecule has 0 heterocycles. The number of allylic oxidation sites excluding steroid dienone is 13. The van der Waals surface area contributed by atoms with Gasteiger partial charge in [-0.05, 0) is 83.1 Å². The van der Waals surface area contributed by atoms with Gasteiger partial charge in [-0.2, -0.15) is 0 Å². The predicted octanol–water partition coefficient (Wildman–Crippen LogP) is 16.3. The van der Waals surface area contributed by atoms with E-state index in [4.69, 9.17) is 4.74 Å². The fraction of sp³-hybridized carbons (Fsp3) is 0.724. The van der Waals surface area contributed by atoms with Crippen LogP contribution in [-0.4, -0.2) is 46.9 Å². The Bertz CT molecular complexity index is 1230. The Kier molecular flexibility index (Phi) is 48.7. The summed E-state index contributed by atoms with van der Waals surface area (Å²) in [4.78, 5) is 26.1. The first kappa shape index (κ1) is 61.0. The van der Waals surface area contributed by atoms with E-state index in [1.54, 1.807) is 6.08 Å². The van der Waals surface area contributed by atoms with Gasteiger partial charge in [0.1, 0.15) is 6.10 Å². The lowest BCUT2D eigenvalue weighted by atomic mass is 10.0. The molecule has 368 valence electrons. The van der Waals surface area contributed by atoms with Gasteiger partial charge in [-0.25, -0.2) is 0 Å². The number of rotatable bonds is 47. The second kappa shape index (κ2) is 51.0. The van der Waals surface area contributed by atoms with E-state index < -0.39 is 18.2 Å². The van der Waals surface area contributed by atoms with Crippen LogP contribution < -0.4 is 5.32 Å². The second-order valence-electron chi connectivity index (χ2n) is 17.9. The molecule has 0 aliphatic carbocycles. The second-order valence-corrected chi connectivity index (χ2v) is 17.9. The average molecular weight is 892 g/mol. The lowest BCUT2D eigenvalue weighted by Crippen LogP contribution is -2.46. The molecule has 0 fully saturated rings. The molecule has 3 atom stereocenters. The minimum atomic E-state index is -0.824. The molecule has 0 spiro atoms. The van der Waals surface area contributed by atoms with E-state index in [1.807, 2.05) is 6.08 Å². The Morgan fingerprint density at radius 3 is 1.36 bits per heavy atom. The number of carbonyl (C=O) groups excluding carboxylic acids is 2. The normalized spacial score (nSPS) is 13.9. The summed E-state index contributed by atoms with van der Waals surface area (Å²) >= 11 is 0. The number of nitrogens with one attached hydrogen (secondary N) is 1. The van der Waals surface area contributed by atoms with E-state index in [0.717, 1.165) is 77.0 Å². The summed E-state index contributed by atoms with van der Waals surface area (Å²) in [6.45, 7) is 6.31. The Morgan fingerprint density at radius 1 is 0.484 bits per heavy atom. The van der Waals surface area contributed by atoms with Gasteiger partial charge in [0.25, 0.3) is 0 Å². The maximum absolute atomic E-state index is 13.2. The fourth-order valence-electron chi connectivity index (χ4n) is 7.66. The van der Waals surface area contributed by atoms with Crippen molar-refractivity contribution in [1.29, 1.82) is 0 Å². The number of hydrogen-bond acceptors (Lipinski definition) is 5. The highest BCUT2D eigenvalue weighted by Crippen LogP contribution is 2.16.